The monoisotopic (exact) mass is 372 g/mol. The quantitative estimate of drug-likeness (QED) is 0.492. The van der Waals surface area contributed by atoms with Crippen molar-refractivity contribution in [3.63, 3.8) is 0 Å². The van der Waals surface area contributed by atoms with E-state index in [4.69, 9.17) is 0 Å². The van der Waals surface area contributed by atoms with Crippen molar-refractivity contribution in [2.45, 2.75) is 64.2 Å². The van der Waals surface area contributed by atoms with E-state index in [-0.39, 0.29) is 0 Å². The number of benzene rings is 1. The summed E-state index contributed by atoms with van der Waals surface area (Å²) in [6, 6.07) is 15.4. The van der Waals surface area contributed by atoms with Crippen LogP contribution < -0.4 is 0 Å². The molecule has 2 aromatic rings. The van der Waals surface area contributed by atoms with Gasteiger partial charge in [-0.05, 0) is 123 Å². The lowest BCUT2D eigenvalue weighted by atomic mass is 9.48. The predicted octanol–water partition coefficient (Wildman–Crippen LogP) is 6.88. The summed E-state index contributed by atoms with van der Waals surface area (Å²) in [6.45, 7) is 0. The summed E-state index contributed by atoms with van der Waals surface area (Å²) in [6.07, 6.45) is 20.8. The number of pyridine rings is 1. The van der Waals surface area contributed by atoms with E-state index in [2.05, 4.69) is 53.9 Å². The summed E-state index contributed by atoms with van der Waals surface area (Å²) in [5.74, 6) is 3.97. The maximum atomic E-state index is 4.16. The second-order valence-corrected chi connectivity index (χ2v) is 10.2. The minimum absolute atomic E-state index is 0.709. The molecule has 0 aliphatic heterocycles. The SMILES string of the molecule is [CH](CC(CCC12CC3CC(CC(C3)C1)C2)Cc1ccccc1)c1ccncc1. The highest BCUT2D eigenvalue weighted by Crippen LogP contribution is 2.61. The average Bonchev–Trinajstić information content (AvgIpc) is 2.71. The molecule has 4 saturated carbocycles. The van der Waals surface area contributed by atoms with Crippen LogP contribution in [-0.2, 0) is 6.42 Å². The molecule has 0 amide bonds. The van der Waals surface area contributed by atoms with E-state index in [1.807, 2.05) is 12.4 Å². The van der Waals surface area contributed by atoms with Crippen molar-refractivity contribution >= 4 is 0 Å². The van der Waals surface area contributed by atoms with Crippen LogP contribution in [-0.4, -0.2) is 4.98 Å². The van der Waals surface area contributed by atoms with Gasteiger partial charge >= 0.3 is 0 Å². The van der Waals surface area contributed by atoms with Crippen LogP contribution in [0, 0.1) is 35.5 Å². The zero-order chi connectivity index (χ0) is 18.8. The van der Waals surface area contributed by atoms with Gasteiger partial charge in [0, 0.05) is 12.4 Å². The van der Waals surface area contributed by atoms with Crippen LogP contribution in [0.4, 0.5) is 0 Å². The number of rotatable bonds is 8. The number of aromatic nitrogens is 1. The Bertz CT molecular complexity index is 715. The van der Waals surface area contributed by atoms with Gasteiger partial charge in [0.25, 0.3) is 0 Å². The first-order valence-corrected chi connectivity index (χ1v) is 11.5. The van der Waals surface area contributed by atoms with Gasteiger partial charge in [0.2, 0.25) is 0 Å². The van der Waals surface area contributed by atoms with E-state index in [0.717, 1.165) is 23.7 Å². The van der Waals surface area contributed by atoms with Gasteiger partial charge in [-0.15, -0.1) is 0 Å². The fourth-order valence-electron chi connectivity index (χ4n) is 7.16. The Hall–Kier alpha value is -1.63. The summed E-state index contributed by atoms with van der Waals surface area (Å²) in [4.78, 5) is 4.16. The van der Waals surface area contributed by atoms with Gasteiger partial charge in [-0.2, -0.15) is 0 Å². The van der Waals surface area contributed by atoms with E-state index < -0.39 is 0 Å². The molecule has 1 aromatic carbocycles. The minimum Gasteiger partial charge on any atom is -0.265 e. The van der Waals surface area contributed by atoms with Crippen molar-refractivity contribution in [3.05, 3.63) is 72.4 Å². The molecule has 1 radical (unpaired) electrons. The van der Waals surface area contributed by atoms with Gasteiger partial charge < -0.3 is 0 Å². The summed E-state index contributed by atoms with van der Waals surface area (Å²) < 4.78 is 0. The molecule has 1 unspecified atom stereocenters. The van der Waals surface area contributed by atoms with Gasteiger partial charge in [0.15, 0.2) is 0 Å². The zero-order valence-corrected chi connectivity index (χ0v) is 17.1. The van der Waals surface area contributed by atoms with E-state index >= 15 is 0 Å². The molecule has 6 rings (SSSR count). The summed E-state index contributed by atoms with van der Waals surface area (Å²) in [5, 5.41) is 0. The lowest BCUT2D eigenvalue weighted by molar-refractivity contribution is -0.0600. The van der Waals surface area contributed by atoms with Crippen molar-refractivity contribution in [1.82, 2.24) is 4.98 Å². The molecule has 28 heavy (non-hydrogen) atoms. The largest absolute Gasteiger partial charge is 0.265 e. The molecule has 4 aliphatic carbocycles. The van der Waals surface area contributed by atoms with E-state index in [1.165, 1.54) is 36.8 Å². The lowest BCUT2D eigenvalue weighted by Crippen LogP contribution is -2.46. The van der Waals surface area contributed by atoms with E-state index in [1.54, 1.807) is 38.5 Å². The molecule has 0 N–H and O–H groups in total. The molecule has 1 atom stereocenters. The second-order valence-electron chi connectivity index (χ2n) is 10.2. The van der Waals surface area contributed by atoms with Crippen molar-refractivity contribution in [2.24, 2.45) is 29.1 Å². The first-order chi connectivity index (χ1) is 13.8. The zero-order valence-electron chi connectivity index (χ0n) is 17.1. The molecule has 4 aliphatic rings. The van der Waals surface area contributed by atoms with Gasteiger partial charge in [-0.3, -0.25) is 4.98 Å². The van der Waals surface area contributed by atoms with E-state index in [9.17, 15) is 0 Å². The van der Waals surface area contributed by atoms with Crippen molar-refractivity contribution in [2.75, 3.05) is 0 Å². The molecule has 0 saturated heterocycles. The summed E-state index contributed by atoms with van der Waals surface area (Å²) in [7, 11) is 0. The van der Waals surface area contributed by atoms with Crippen LogP contribution in [0.15, 0.2) is 54.9 Å². The molecule has 1 nitrogen and oxygen atoms in total. The maximum absolute atomic E-state index is 4.16. The fourth-order valence-corrected chi connectivity index (χ4v) is 7.16. The highest BCUT2D eigenvalue weighted by Gasteiger charge is 2.50. The molecular formula is C27H34N. The van der Waals surface area contributed by atoms with Crippen LogP contribution in [0.25, 0.3) is 0 Å². The van der Waals surface area contributed by atoms with Crippen LogP contribution in [0.2, 0.25) is 0 Å². The Morgan fingerprint density at radius 2 is 1.54 bits per heavy atom. The average molecular weight is 373 g/mol. The van der Waals surface area contributed by atoms with Crippen molar-refractivity contribution in [1.29, 1.82) is 0 Å². The molecular weight excluding hydrogens is 338 g/mol. The van der Waals surface area contributed by atoms with Crippen LogP contribution in [0.1, 0.15) is 68.9 Å². The standard InChI is InChI=1S/C27H34N/c1-2-4-22(5-3-1)14-23(7-6-21-9-12-28-13-10-21)8-11-27-18-24-15-25(19-27)17-26(16-24)20-27/h1-6,9-10,12-13,23-26H,7-8,11,14-20H2. The summed E-state index contributed by atoms with van der Waals surface area (Å²) >= 11 is 0. The van der Waals surface area contributed by atoms with Gasteiger partial charge in [0.1, 0.15) is 0 Å². The van der Waals surface area contributed by atoms with Crippen LogP contribution >= 0.6 is 0 Å². The first-order valence-electron chi connectivity index (χ1n) is 11.5. The number of hydrogen-bond donors (Lipinski definition) is 0. The number of nitrogens with zero attached hydrogens (tertiary/aromatic N) is 1. The first kappa shape index (κ1) is 18.4. The Morgan fingerprint density at radius 1 is 0.893 bits per heavy atom. The van der Waals surface area contributed by atoms with Crippen molar-refractivity contribution < 1.29 is 0 Å². The molecule has 0 spiro atoms. The van der Waals surface area contributed by atoms with Gasteiger partial charge in [0.05, 0.1) is 0 Å². The highest BCUT2D eigenvalue weighted by atomic mass is 14.6. The highest BCUT2D eigenvalue weighted by molar-refractivity contribution is 5.20. The summed E-state index contributed by atoms with van der Waals surface area (Å²) in [5.41, 5.74) is 3.53. The van der Waals surface area contributed by atoms with Crippen molar-refractivity contribution in [3.8, 4) is 0 Å². The molecule has 1 aromatic heterocycles. The molecule has 4 fully saturated rings. The van der Waals surface area contributed by atoms with E-state index in [0.29, 0.717) is 5.41 Å². The predicted molar refractivity (Wildman–Crippen MR) is 116 cm³/mol. The fraction of sp³-hybridized carbons (Fsp3) is 0.556. The smallest absolute Gasteiger partial charge is 0.0270 e. The van der Waals surface area contributed by atoms with Gasteiger partial charge in [-0.1, -0.05) is 30.3 Å². The second kappa shape index (κ2) is 8.01. The third kappa shape index (κ3) is 4.19. The molecule has 147 valence electrons. The molecule has 1 heterocycles. The topological polar surface area (TPSA) is 12.9 Å². The van der Waals surface area contributed by atoms with Crippen LogP contribution in [0.5, 0.6) is 0 Å². The van der Waals surface area contributed by atoms with Crippen LogP contribution in [0.3, 0.4) is 0 Å². The molecule has 1 heteroatoms. The Kier molecular flexibility index (Phi) is 5.26. The maximum Gasteiger partial charge on any atom is 0.0270 e. The normalized spacial score (nSPS) is 31.8. The minimum atomic E-state index is 0.709. The lowest BCUT2D eigenvalue weighted by Gasteiger charge is -2.57. The Labute approximate surface area is 171 Å². The third-order valence-electron chi connectivity index (χ3n) is 8.01. The molecule has 4 bridgehead atoms. The number of hydrogen-bond acceptors (Lipinski definition) is 1. The third-order valence-corrected chi connectivity index (χ3v) is 8.01. The Morgan fingerprint density at radius 3 is 2.18 bits per heavy atom. The Balaban J connectivity index is 1.24. The van der Waals surface area contributed by atoms with Gasteiger partial charge in [-0.25, -0.2) is 0 Å².